The molecule has 2 fully saturated rings. The van der Waals surface area contributed by atoms with Crippen molar-refractivity contribution in [2.75, 3.05) is 44.8 Å². The first kappa shape index (κ1) is 19.6. The van der Waals surface area contributed by atoms with Gasteiger partial charge in [0.15, 0.2) is 0 Å². The van der Waals surface area contributed by atoms with Gasteiger partial charge < -0.3 is 19.6 Å². The predicted octanol–water partition coefficient (Wildman–Crippen LogP) is 2.42. The van der Waals surface area contributed by atoms with Crippen LogP contribution in [0.5, 0.6) is 0 Å². The Hall–Kier alpha value is -2.15. The largest absolute Gasteiger partial charge is 0.481 e. The summed E-state index contributed by atoms with van der Waals surface area (Å²) < 4.78 is 5.14. The highest BCUT2D eigenvalue weighted by molar-refractivity contribution is 5.99. The van der Waals surface area contributed by atoms with E-state index in [2.05, 4.69) is 4.98 Å². The minimum Gasteiger partial charge on any atom is -0.481 e. The number of pyridine rings is 1. The summed E-state index contributed by atoms with van der Waals surface area (Å²) in [6, 6.07) is 3.59. The van der Waals surface area contributed by atoms with Crippen molar-refractivity contribution in [3.05, 3.63) is 23.9 Å². The Morgan fingerprint density at radius 2 is 2.00 bits per heavy atom. The number of anilines is 1. The van der Waals surface area contributed by atoms with Crippen molar-refractivity contribution in [2.45, 2.75) is 38.5 Å². The van der Waals surface area contributed by atoms with E-state index < -0.39 is 11.4 Å². The Labute approximate surface area is 160 Å². The van der Waals surface area contributed by atoms with Gasteiger partial charge in [0.1, 0.15) is 5.82 Å². The second kappa shape index (κ2) is 8.69. The monoisotopic (exact) mass is 375 g/mol. The number of carbonyl (C=O) groups excluding carboxylic acids is 1. The molecule has 0 unspecified atom stereocenters. The van der Waals surface area contributed by atoms with E-state index in [0.717, 1.165) is 38.8 Å². The third-order valence-corrected chi connectivity index (χ3v) is 5.78. The van der Waals surface area contributed by atoms with Gasteiger partial charge in [0.25, 0.3) is 5.91 Å². The zero-order valence-corrected chi connectivity index (χ0v) is 16.0. The molecule has 1 amide bonds. The van der Waals surface area contributed by atoms with Crippen LogP contribution in [0.2, 0.25) is 0 Å². The van der Waals surface area contributed by atoms with Crippen molar-refractivity contribution in [3.63, 3.8) is 0 Å². The summed E-state index contributed by atoms with van der Waals surface area (Å²) in [5, 5.41) is 9.88. The number of ether oxygens (including phenoxy) is 1. The van der Waals surface area contributed by atoms with E-state index in [0.29, 0.717) is 43.9 Å². The topological polar surface area (TPSA) is 83.0 Å². The van der Waals surface area contributed by atoms with Crippen LogP contribution in [0.25, 0.3) is 0 Å². The molecule has 0 radical (unpaired) electrons. The van der Waals surface area contributed by atoms with Gasteiger partial charge in [0.05, 0.1) is 11.0 Å². The molecule has 3 rings (SSSR count). The zero-order chi connectivity index (χ0) is 19.3. The Morgan fingerprint density at radius 1 is 1.22 bits per heavy atom. The number of piperidine rings is 2. The molecule has 0 aliphatic carbocycles. The molecule has 148 valence electrons. The van der Waals surface area contributed by atoms with Gasteiger partial charge in [-0.15, -0.1) is 0 Å². The molecule has 1 N–H and O–H groups in total. The number of hydrogen-bond donors (Lipinski definition) is 1. The molecule has 3 heterocycles. The number of rotatable bonds is 6. The molecule has 2 aliphatic rings. The van der Waals surface area contributed by atoms with E-state index in [4.69, 9.17) is 4.74 Å². The summed E-state index contributed by atoms with van der Waals surface area (Å²) in [6.07, 6.45) is 6.73. The first-order chi connectivity index (χ1) is 13.1. The number of carbonyl (C=O) groups is 2. The molecule has 1 aromatic rings. The van der Waals surface area contributed by atoms with Crippen LogP contribution in [-0.4, -0.2) is 66.8 Å². The van der Waals surface area contributed by atoms with Crippen molar-refractivity contribution in [1.82, 2.24) is 9.88 Å². The minimum absolute atomic E-state index is 0.00110. The fraction of sp³-hybridized carbons (Fsp3) is 0.650. The summed E-state index contributed by atoms with van der Waals surface area (Å²) in [5.74, 6) is -0.193. The Kier molecular flexibility index (Phi) is 6.31. The summed E-state index contributed by atoms with van der Waals surface area (Å²) in [4.78, 5) is 33.4. The fourth-order valence-corrected chi connectivity index (χ4v) is 4.18. The van der Waals surface area contributed by atoms with Crippen LogP contribution in [0.4, 0.5) is 5.82 Å². The molecule has 0 spiro atoms. The number of likely N-dealkylation sites (tertiary alicyclic amines) is 1. The van der Waals surface area contributed by atoms with Crippen LogP contribution in [0.1, 0.15) is 48.9 Å². The predicted molar refractivity (Wildman–Crippen MR) is 102 cm³/mol. The van der Waals surface area contributed by atoms with Crippen molar-refractivity contribution >= 4 is 17.7 Å². The minimum atomic E-state index is -0.864. The van der Waals surface area contributed by atoms with Gasteiger partial charge in [-0.2, -0.15) is 0 Å². The van der Waals surface area contributed by atoms with Crippen LogP contribution in [0.15, 0.2) is 18.3 Å². The molecular weight excluding hydrogens is 346 g/mol. The smallest absolute Gasteiger partial charge is 0.311 e. The molecule has 2 aliphatic heterocycles. The van der Waals surface area contributed by atoms with Crippen LogP contribution in [-0.2, 0) is 9.53 Å². The summed E-state index contributed by atoms with van der Waals surface area (Å²) in [5.41, 5.74) is -0.288. The quantitative estimate of drug-likeness (QED) is 0.822. The summed E-state index contributed by atoms with van der Waals surface area (Å²) in [6.45, 7) is 3.02. The second-order valence-electron chi connectivity index (χ2n) is 7.58. The molecule has 1 atom stereocenters. The molecule has 0 aromatic carbocycles. The molecule has 0 bridgehead atoms. The van der Waals surface area contributed by atoms with Crippen molar-refractivity contribution in [3.8, 4) is 0 Å². The number of nitrogens with zero attached hydrogens (tertiary/aromatic N) is 3. The van der Waals surface area contributed by atoms with Crippen molar-refractivity contribution in [1.29, 1.82) is 0 Å². The van der Waals surface area contributed by atoms with E-state index in [9.17, 15) is 14.7 Å². The lowest BCUT2D eigenvalue weighted by Gasteiger charge is -2.41. The standard InChI is InChI=1S/C20H29N3O4/c1-27-14-9-20(19(25)26)8-6-13-23(15-20)17-16(7-5-10-21-17)18(24)22-11-3-2-4-12-22/h5,7,10H,2-4,6,8-9,11-15H2,1H3,(H,25,26)/t20-/m0/s1. The maximum Gasteiger partial charge on any atom is 0.311 e. The number of aromatic nitrogens is 1. The fourth-order valence-electron chi connectivity index (χ4n) is 4.18. The van der Waals surface area contributed by atoms with Gasteiger partial charge in [-0.3, -0.25) is 9.59 Å². The number of amides is 1. The number of carboxylic acid groups (broad SMARTS) is 1. The van der Waals surface area contributed by atoms with Gasteiger partial charge in [-0.05, 0) is 50.7 Å². The summed E-state index contributed by atoms with van der Waals surface area (Å²) in [7, 11) is 1.59. The molecule has 27 heavy (non-hydrogen) atoms. The highest BCUT2D eigenvalue weighted by atomic mass is 16.5. The molecule has 7 heteroatoms. The molecule has 7 nitrogen and oxygen atoms in total. The first-order valence-electron chi connectivity index (χ1n) is 9.79. The number of methoxy groups -OCH3 is 1. The first-order valence-corrected chi connectivity index (χ1v) is 9.79. The average Bonchev–Trinajstić information content (AvgIpc) is 2.72. The lowest BCUT2D eigenvalue weighted by Crippen LogP contribution is -2.49. The number of aliphatic carboxylic acids is 1. The van der Waals surface area contributed by atoms with Gasteiger partial charge in [0.2, 0.25) is 0 Å². The van der Waals surface area contributed by atoms with Crippen LogP contribution in [0, 0.1) is 5.41 Å². The van der Waals surface area contributed by atoms with E-state index in [-0.39, 0.29) is 5.91 Å². The lowest BCUT2D eigenvalue weighted by molar-refractivity contribution is -0.150. The Bertz CT molecular complexity index is 675. The van der Waals surface area contributed by atoms with Gasteiger partial charge >= 0.3 is 5.97 Å². The normalized spacial score (nSPS) is 23.3. The van der Waals surface area contributed by atoms with Gasteiger partial charge in [-0.25, -0.2) is 4.98 Å². The second-order valence-corrected chi connectivity index (χ2v) is 7.58. The maximum atomic E-state index is 13.1. The van der Waals surface area contributed by atoms with E-state index >= 15 is 0 Å². The number of hydrogen-bond acceptors (Lipinski definition) is 5. The van der Waals surface area contributed by atoms with Crippen LogP contribution >= 0.6 is 0 Å². The number of carboxylic acids is 1. The molecule has 2 saturated heterocycles. The van der Waals surface area contributed by atoms with Crippen molar-refractivity contribution < 1.29 is 19.4 Å². The van der Waals surface area contributed by atoms with Crippen LogP contribution < -0.4 is 4.90 Å². The highest BCUT2D eigenvalue weighted by Gasteiger charge is 2.43. The maximum absolute atomic E-state index is 13.1. The Morgan fingerprint density at radius 3 is 2.70 bits per heavy atom. The van der Waals surface area contributed by atoms with Crippen molar-refractivity contribution in [2.24, 2.45) is 5.41 Å². The third kappa shape index (κ3) is 4.24. The van der Waals surface area contributed by atoms with E-state index in [1.807, 2.05) is 15.9 Å². The SMILES string of the molecule is COCC[C@@]1(C(=O)O)CCCN(c2ncccc2C(=O)N2CCCCC2)C1. The average molecular weight is 375 g/mol. The summed E-state index contributed by atoms with van der Waals surface area (Å²) >= 11 is 0. The van der Waals surface area contributed by atoms with Gasteiger partial charge in [-0.1, -0.05) is 0 Å². The zero-order valence-electron chi connectivity index (χ0n) is 16.0. The molecule has 0 saturated carbocycles. The van der Waals surface area contributed by atoms with Crippen LogP contribution in [0.3, 0.4) is 0 Å². The van der Waals surface area contributed by atoms with E-state index in [1.165, 1.54) is 0 Å². The lowest BCUT2D eigenvalue weighted by atomic mass is 9.77. The molecular formula is C20H29N3O4. The Balaban J connectivity index is 1.85. The molecule has 1 aromatic heterocycles. The highest BCUT2D eigenvalue weighted by Crippen LogP contribution is 2.36. The van der Waals surface area contributed by atoms with E-state index in [1.54, 1.807) is 19.4 Å². The third-order valence-electron chi connectivity index (χ3n) is 5.78. The van der Waals surface area contributed by atoms with Gasteiger partial charge in [0, 0.05) is 46.1 Å².